The highest BCUT2D eigenvalue weighted by molar-refractivity contribution is 7.99. The Kier molecular flexibility index (Phi) is 3.27. The quantitative estimate of drug-likeness (QED) is 0.627. The summed E-state index contributed by atoms with van der Waals surface area (Å²) in [7, 11) is 0. The molecule has 1 aromatic rings. The summed E-state index contributed by atoms with van der Waals surface area (Å²) in [6.45, 7) is 2.04. The van der Waals surface area contributed by atoms with E-state index >= 15 is 0 Å². The van der Waals surface area contributed by atoms with Crippen molar-refractivity contribution in [2.24, 2.45) is 0 Å². The van der Waals surface area contributed by atoms with Gasteiger partial charge in [-0.1, -0.05) is 11.8 Å². The smallest absolute Gasteiger partial charge is 0.253 e. The van der Waals surface area contributed by atoms with Gasteiger partial charge in [-0.2, -0.15) is 0 Å². The Morgan fingerprint density at radius 3 is 3.13 bits per heavy atom. The molecule has 15 heavy (non-hydrogen) atoms. The maximum Gasteiger partial charge on any atom is 0.253 e. The van der Waals surface area contributed by atoms with Crippen molar-refractivity contribution in [1.29, 1.82) is 0 Å². The second-order valence-corrected chi connectivity index (χ2v) is 4.85. The lowest BCUT2D eigenvalue weighted by Crippen LogP contribution is -2.31. The van der Waals surface area contributed by atoms with Crippen LogP contribution in [-0.2, 0) is 0 Å². The number of hydrogen-bond donors (Lipinski definition) is 3. The maximum absolute atomic E-state index is 11.1. The summed E-state index contributed by atoms with van der Waals surface area (Å²) in [5.74, 6) is 0.282. The van der Waals surface area contributed by atoms with Crippen molar-refractivity contribution < 1.29 is 0 Å². The molecule has 4 N–H and O–H groups in total. The van der Waals surface area contributed by atoms with E-state index in [1.54, 1.807) is 11.8 Å². The molecule has 2 rings (SSSR count). The number of thioether (sulfide) groups is 1. The third-order valence-corrected chi connectivity index (χ3v) is 3.42. The summed E-state index contributed by atoms with van der Waals surface area (Å²) in [5.41, 5.74) is 5.32. The van der Waals surface area contributed by atoms with Crippen LogP contribution in [-0.4, -0.2) is 28.3 Å². The monoisotopic (exact) mass is 226 g/mol. The summed E-state index contributed by atoms with van der Waals surface area (Å²) < 4.78 is 0. The van der Waals surface area contributed by atoms with Gasteiger partial charge in [0.1, 0.15) is 5.82 Å². The highest BCUT2D eigenvalue weighted by Crippen LogP contribution is 2.23. The van der Waals surface area contributed by atoms with Gasteiger partial charge in [-0.05, 0) is 19.4 Å². The summed E-state index contributed by atoms with van der Waals surface area (Å²) in [4.78, 5) is 17.9. The first-order valence-corrected chi connectivity index (χ1v) is 5.86. The summed E-state index contributed by atoms with van der Waals surface area (Å²) >= 11 is 1.58. The number of aromatic amines is 1. The van der Waals surface area contributed by atoms with Gasteiger partial charge in [-0.25, -0.2) is 4.98 Å². The number of H-pyrrole nitrogens is 1. The van der Waals surface area contributed by atoms with Crippen LogP contribution in [0, 0.1) is 0 Å². The Morgan fingerprint density at radius 1 is 1.60 bits per heavy atom. The molecule has 0 amide bonds. The molecule has 0 radical (unpaired) electrons. The Balaban J connectivity index is 2.06. The average Bonchev–Trinajstić information content (AvgIpc) is 2.17. The third kappa shape index (κ3) is 2.97. The first-order valence-electron chi connectivity index (χ1n) is 4.98. The topological polar surface area (TPSA) is 83.8 Å². The van der Waals surface area contributed by atoms with Crippen molar-refractivity contribution in [3.05, 3.63) is 16.4 Å². The lowest BCUT2D eigenvalue weighted by atomic mass is 10.2. The van der Waals surface area contributed by atoms with Gasteiger partial charge in [0.25, 0.3) is 5.56 Å². The second kappa shape index (κ2) is 4.67. The van der Waals surface area contributed by atoms with Gasteiger partial charge in [-0.3, -0.25) is 4.79 Å². The van der Waals surface area contributed by atoms with E-state index < -0.39 is 0 Å². The highest BCUT2D eigenvalue weighted by Gasteiger charge is 2.15. The van der Waals surface area contributed by atoms with Crippen molar-refractivity contribution >= 4 is 17.6 Å². The van der Waals surface area contributed by atoms with E-state index in [1.165, 1.54) is 12.5 Å². The second-order valence-electron chi connectivity index (χ2n) is 3.56. The Bertz CT molecular complexity index is 386. The highest BCUT2D eigenvalue weighted by atomic mass is 32.2. The Morgan fingerprint density at radius 2 is 2.47 bits per heavy atom. The molecule has 0 saturated carbocycles. The maximum atomic E-state index is 11.1. The predicted molar refractivity (Wildman–Crippen MR) is 61.0 cm³/mol. The minimum atomic E-state index is -0.186. The van der Waals surface area contributed by atoms with Crippen molar-refractivity contribution in [3.63, 3.8) is 0 Å². The number of nitrogens with zero attached hydrogens (tertiary/aromatic N) is 1. The molecule has 5 nitrogen and oxygen atoms in total. The zero-order chi connectivity index (χ0) is 10.7. The van der Waals surface area contributed by atoms with Gasteiger partial charge in [0.15, 0.2) is 5.16 Å². The SMILES string of the molecule is Nc1cc(=O)[nH]c(SC2CCCNC2)n1. The van der Waals surface area contributed by atoms with Gasteiger partial charge in [0.05, 0.1) is 0 Å². The van der Waals surface area contributed by atoms with Gasteiger partial charge in [0.2, 0.25) is 0 Å². The average molecular weight is 226 g/mol. The lowest BCUT2D eigenvalue weighted by Gasteiger charge is -2.21. The van der Waals surface area contributed by atoms with E-state index in [4.69, 9.17) is 5.73 Å². The molecule has 0 spiro atoms. The van der Waals surface area contributed by atoms with E-state index in [-0.39, 0.29) is 11.4 Å². The first-order chi connectivity index (χ1) is 7.24. The first kappa shape index (κ1) is 10.5. The van der Waals surface area contributed by atoms with E-state index in [9.17, 15) is 4.79 Å². The lowest BCUT2D eigenvalue weighted by molar-refractivity contribution is 0.530. The zero-order valence-electron chi connectivity index (χ0n) is 8.32. The molecule has 1 atom stereocenters. The predicted octanol–water partition coefficient (Wildman–Crippen LogP) is 0.196. The van der Waals surface area contributed by atoms with Gasteiger partial charge in [-0.15, -0.1) is 0 Å². The number of anilines is 1. The van der Waals surface area contributed by atoms with E-state index in [0.29, 0.717) is 10.4 Å². The van der Waals surface area contributed by atoms with E-state index in [0.717, 1.165) is 19.5 Å². The molecule has 1 fully saturated rings. The number of hydrogen-bond acceptors (Lipinski definition) is 5. The molecule has 82 valence electrons. The van der Waals surface area contributed by atoms with Crippen LogP contribution in [0.5, 0.6) is 0 Å². The Hall–Kier alpha value is -1.01. The van der Waals surface area contributed by atoms with Crippen LogP contribution in [0.1, 0.15) is 12.8 Å². The van der Waals surface area contributed by atoms with Crippen LogP contribution in [0.4, 0.5) is 5.82 Å². The number of piperidine rings is 1. The van der Waals surface area contributed by atoms with Crippen LogP contribution in [0.3, 0.4) is 0 Å². The molecule has 0 aromatic carbocycles. The minimum absolute atomic E-state index is 0.186. The molecule has 1 unspecified atom stereocenters. The molecule has 1 saturated heterocycles. The summed E-state index contributed by atoms with van der Waals surface area (Å²) in [5, 5.41) is 4.41. The Labute approximate surface area is 91.9 Å². The normalized spacial score (nSPS) is 21.5. The minimum Gasteiger partial charge on any atom is -0.383 e. The molecule has 2 heterocycles. The molecular weight excluding hydrogens is 212 g/mol. The third-order valence-electron chi connectivity index (χ3n) is 2.27. The van der Waals surface area contributed by atoms with Crippen LogP contribution in [0.2, 0.25) is 0 Å². The van der Waals surface area contributed by atoms with Crippen molar-refractivity contribution in [3.8, 4) is 0 Å². The summed E-state index contributed by atoms with van der Waals surface area (Å²) in [6.07, 6.45) is 2.32. The molecule has 1 aliphatic heterocycles. The van der Waals surface area contributed by atoms with Gasteiger partial charge < -0.3 is 16.0 Å². The number of aromatic nitrogens is 2. The van der Waals surface area contributed by atoms with E-state index in [2.05, 4.69) is 15.3 Å². The standard InChI is InChI=1S/C9H14N4OS/c10-7-4-8(14)13-9(12-7)15-6-2-1-3-11-5-6/h4,6,11H,1-3,5H2,(H3,10,12,13,14). The van der Waals surface area contributed by atoms with E-state index in [1.807, 2.05) is 0 Å². The fraction of sp³-hybridized carbons (Fsp3) is 0.556. The molecular formula is C9H14N4OS. The van der Waals surface area contributed by atoms with Crippen LogP contribution < -0.4 is 16.6 Å². The molecule has 1 aromatic heterocycles. The molecule has 6 heteroatoms. The fourth-order valence-corrected chi connectivity index (χ4v) is 2.71. The largest absolute Gasteiger partial charge is 0.383 e. The molecule has 1 aliphatic rings. The van der Waals surface area contributed by atoms with Crippen molar-refractivity contribution in [1.82, 2.24) is 15.3 Å². The van der Waals surface area contributed by atoms with Crippen molar-refractivity contribution in [2.45, 2.75) is 23.2 Å². The van der Waals surface area contributed by atoms with Crippen LogP contribution in [0.25, 0.3) is 0 Å². The fourth-order valence-electron chi connectivity index (χ4n) is 1.59. The van der Waals surface area contributed by atoms with Crippen molar-refractivity contribution in [2.75, 3.05) is 18.8 Å². The number of nitrogens with one attached hydrogen (secondary N) is 2. The number of nitrogens with two attached hydrogens (primary N) is 1. The number of nitrogen functional groups attached to an aromatic ring is 1. The van der Waals surface area contributed by atoms with Crippen LogP contribution >= 0.6 is 11.8 Å². The molecule has 0 bridgehead atoms. The van der Waals surface area contributed by atoms with Crippen LogP contribution in [0.15, 0.2) is 16.0 Å². The zero-order valence-corrected chi connectivity index (χ0v) is 9.14. The van der Waals surface area contributed by atoms with Gasteiger partial charge in [0, 0.05) is 17.9 Å². The summed E-state index contributed by atoms with van der Waals surface area (Å²) in [6, 6.07) is 1.29. The van der Waals surface area contributed by atoms with Gasteiger partial charge >= 0.3 is 0 Å². The number of rotatable bonds is 2. The molecule has 0 aliphatic carbocycles.